The molecule has 3 aliphatic heterocycles. The molecule has 5 heterocycles. The van der Waals surface area contributed by atoms with Crippen LogP contribution in [0.25, 0.3) is 32.9 Å². The molecule has 232 valence electrons. The highest BCUT2D eigenvalue weighted by atomic mass is 19.1. The second-order valence-electron chi connectivity index (χ2n) is 12.9. The van der Waals surface area contributed by atoms with E-state index in [4.69, 9.17) is 9.72 Å². The number of piperidine rings is 1. The third kappa shape index (κ3) is 4.90. The summed E-state index contributed by atoms with van der Waals surface area (Å²) in [6.45, 7) is 5.79. The number of hydrogen-bond donors (Lipinski definition) is 2. The van der Waals surface area contributed by atoms with Gasteiger partial charge in [-0.2, -0.15) is 9.97 Å². The first-order valence-electron chi connectivity index (χ1n) is 15.4. The van der Waals surface area contributed by atoms with Crippen LogP contribution in [0.4, 0.5) is 19.0 Å². The number of benzene rings is 2. The van der Waals surface area contributed by atoms with Crippen LogP contribution in [0.1, 0.15) is 51.5 Å². The Balaban J connectivity index is 1.38. The van der Waals surface area contributed by atoms with Crippen molar-refractivity contribution in [2.75, 3.05) is 37.7 Å². The smallest absolute Gasteiger partial charge is 0.319 e. The van der Waals surface area contributed by atoms with Gasteiger partial charge in [0.1, 0.15) is 41.4 Å². The van der Waals surface area contributed by atoms with Crippen molar-refractivity contribution in [3.63, 3.8) is 0 Å². The van der Waals surface area contributed by atoms with Gasteiger partial charge in [0, 0.05) is 37.8 Å². The van der Waals surface area contributed by atoms with Crippen LogP contribution in [-0.2, 0) is 6.42 Å². The van der Waals surface area contributed by atoms with Gasteiger partial charge in [0.25, 0.3) is 0 Å². The van der Waals surface area contributed by atoms with Crippen LogP contribution in [0.3, 0.4) is 0 Å². The predicted molar refractivity (Wildman–Crippen MR) is 162 cm³/mol. The lowest BCUT2D eigenvalue weighted by atomic mass is 9.94. The summed E-state index contributed by atoms with van der Waals surface area (Å²) < 4.78 is 52.2. The van der Waals surface area contributed by atoms with Gasteiger partial charge >= 0.3 is 6.01 Å². The normalized spacial score (nSPS) is 25.7. The van der Waals surface area contributed by atoms with Crippen molar-refractivity contribution in [2.45, 2.75) is 69.7 Å². The molecule has 3 saturated heterocycles. The van der Waals surface area contributed by atoms with Crippen molar-refractivity contribution in [1.29, 1.82) is 0 Å². The fourth-order valence-corrected chi connectivity index (χ4v) is 7.60. The number of alkyl halides is 1. The summed E-state index contributed by atoms with van der Waals surface area (Å²) >= 11 is 0. The summed E-state index contributed by atoms with van der Waals surface area (Å²) in [7, 11) is 0. The Morgan fingerprint density at radius 3 is 2.73 bits per heavy atom. The number of ether oxygens (including phenoxy) is 1. The molecule has 1 unspecified atom stereocenters. The molecule has 7 rings (SSSR count). The van der Waals surface area contributed by atoms with E-state index in [2.05, 4.69) is 14.9 Å². The first kappa shape index (κ1) is 29.0. The molecule has 2 aromatic carbocycles. The van der Waals surface area contributed by atoms with Gasteiger partial charge in [-0.15, -0.1) is 0 Å². The van der Waals surface area contributed by atoms with Crippen molar-refractivity contribution >= 4 is 27.5 Å². The van der Waals surface area contributed by atoms with E-state index < -0.39 is 28.9 Å². The average Bonchev–Trinajstić information content (AvgIpc) is 3.51. The zero-order chi connectivity index (χ0) is 30.8. The van der Waals surface area contributed by atoms with Gasteiger partial charge in [-0.1, -0.05) is 13.0 Å². The molecule has 0 amide bonds. The van der Waals surface area contributed by atoms with E-state index in [0.717, 1.165) is 19.4 Å². The maximum absolute atomic E-state index is 16.7. The summed E-state index contributed by atoms with van der Waals surface area (Å²) in [5, 5.41) is 22.8. The Hall–Kier alpha value is -3.70. The minimum absolute atomic E-state index is 0.0401. The molecule has 0 saturated carbocycles. The molecule has 3 fully saturated rings. The number of phenols is 1. The Morgan fingerprint density at radius 2 is 1.93 bits per heavy atom. The number of aromatic hydroxyl groups is 1. The van der Waals surface area contributed by atoms with Crippen molar-refractivity contribution in [1.82, 2.24) is 19.9 Å². The first-order chi connectivity index (χ1) is 21.1. The molecule has 0 radical (unpaired) electrons. The van der Waals surface area contributed by atoms with E-state index >= 15 is 4.39 Å². The van der Waals surface area contributed by atoms with Gasteiger partial charge in [0.05, 0.1) is 16.5 Å². The van der Waals surface area contributed by atoms with Crippen molar-refractivity contribution in [2.24, 2.45) is 0 Å². The number of aryl methyl sites for hydroxylation is 1. The maximum atomic E-state index is 16.7. The zero-order valence-electron chi connectivity index (χ0n) is 24.9. The van der Waals surface area contributed by atoms with Crippen LogP contribution in [0.15, 0.2) is 30.5 Å². The number of β-amino-alcohol motifs (C(OH)–C–C–N with tert-alkyl or cyclic N) is 1. The Morgan fingerprint density at radius 1 is 1.11 bits per heavy atom. The zero-order valence-corrected chi connectivity index (χ0v) is 24.9. The third-order valence-electron chi connectivity index (χ3n) is 9.61. The second kappa shape index (κ2) is 10.7. The molecule has 3 atom stereocenters. The molecule has 0 bridgehead atoms. The number of hydrogen-bond acceptors (Lipinski definition) is 8. The van der Waals surface area contributed by atoms with Gasteiger partial charge < -0.3 is 19.8 Å². The molecule has 4 aromatic rings. The van der Waals surface area contributed by atoms with Gasteiger partial charge in [0.2, 0.25) is 0 Å². The Kier molecular flexibility index (Phi) is 7.08. The number of anilines is 1. The van der Waals surface area contributed by atoms with Gasteiger partial charge in [0.15, 0.2) is 5.82 Å². The molecule has 8 nitrogen and oxygen atoms in total. The van der Waals surface area contributed by atoms with Crippen molar-refractivity contribution in [3.05, 3.63) is 47.7 Å². The highest BCUT2D eigenvalue weighted by Crippen LogP contribution is 2.42. The molecular weight excluding hydrogens is 571 g/mol. The summed E-state index contributed by atoms with van der Waals surface area (Å²) in [5.74, 6) is -0.898. The van der Waals surface area contributed by atoms with E-state index in [1.54, 1.807) is 13.0 Å². The van der Waals surface area contributed by atoms with Crippen LogP contribution in [0, 0.1) is 11.6 Å². The van der Waals surface area contributed by atoms with Crippen LogP contribution < -0.4 is 9.64 Å². The van der Waals surface area contributed by atoms with Gasteiger partial charge in [-0.3, -0.25) is 9.88 Å². The molecule has 3 aliphatic rings. The summed E-state index contributed by atoms with van der Waals surface area (Å²) in [5.41, 5.74) is -0.898. The lowest BCUT2D eigenvalue weighted by molar-refractivity contribution is 0.0447. The molecule has 0 spiro atoms. The van der Waals surface area contributed by atoms with Crippen molar-refractivity contribution in [3.8, 4) is 23.0 Å². The third-order valence-corrected chi connectivity index (χ3v) is 9.61. The first-order valence-corrected chi connectivity index (χ1v) is 15.4. The average molecular weight is 608 g/mol. The van der Waals surface area contributed by atoms with Crippen LogP contribution in [-0.4, -0.2) is 80.2 Å². The summed E-state index contributed by atoms with van der Waals surface area (Å²) in [4.78, 5) is 17.7. The molecule has 11 heteroatoms. The highest BCUT2D eigenvalue weighted by molar-refractivity contribution is 6.01. The van der Waals surface area contributed by atoms with E-state index in [0.29, 0.717) is 66.3 Å². The fraction of sp³-hybridized carbons (Fsp3) is 0.485. The van der Waals surface area contributed by atoms with Crippen LogP contribution in [0.2, 0.25) is 0 Å². The number of phenolic OH excluding ortho intramolecular Hbond substituents is 1. The standard InChI is InChI=1S/C33H36F3N5O3/c1-3-22-25(35)7-6-19-12-21(42)13-23(26(19)22)28-27(36)29-24(15-37-28)30(40-10-4-8-32(2,43)17-40)39-31(38-29)44-18-33-9-5-11-41(33)16-20(34)14-33/h6-7,12-13,15,20,42-43H,3-5,8-11,14,16-18H2,1-2H3/t20-,32?,33+/m1/s1. The SMILES string of the molecule is CCc1c(F)ccc2cc(O)cc(-c3ncc4c(N5CCCC(C)(O)C5)nc(OC[C@@]56CCCN5C[C@H](F)C6)nc4c3F)c12. The number of rotatable bonds is 6. The highest BCUT2D eigenvalue weighted by Gasteiger charge is 2.49. The lowest BCUT2D eigenvalue weighted by Gasteiger charge is -2.38. The number of aliphatic hydroxyl groups is 1. The Labute approximate surface area is 253 Å². The van der Waals surface area contributed by atoms with Crippen LogP contribution >= 0.6 is 0 Å². The number of halogens is 3. The van der Waals surface area contributed by atoms with E-state index in [1.165, 1.54) is 24.4 Å². The number of fused-ring (bicyclic) bond motifs is 3. The number of pyridine rings is 1. The molecule has 2 N–H and O–H groups in total. The van der Waals surface area contributed by atoms with E-state index in [-0.39, 0.29) is 41.7 Å². The minimum atomic E-state index is -0.965. The lowest BCUT2D eigenvalue weighted by Crippen LogP contribution is -2.46. The van der Waals surface area contributed by atoms with Crippen LogP contribution in [0.5, 0.6) is 11.8 Å². The maximum Gasteiger partial charge on any atom is 0.319 e. The van der Waals surface area contributed by atoms with E-state index in [9.17, 15) is 19.0 Å². The Bertz CT molecular complexity index is 1770. The largest absolute Gasteiger partial charge is 0.508 e. The number of aromatic nitrogens is 3. The number of nitrogens with zero attached hydrogens (tertiary/aromatic N) is 5. The monoisotopic (exact) mass is 607 g/mol. The summed E-state index contributed by atoms with van der Waals surface area (Å²) in [6, 6.07) is 5.75. The van der Waals surface area contributed by atoms with Crippen molar-refractivity contribution < 1.29 is 28.1 Å². The molecule has 2 aromatic heterocycles. The second-order valence-corrected chi connectivity index (χ2v) is 12.9. The van der Waals surface area contributed by atoms with Gasteiger partial charge in [-0.25, -0.2) is 13.2 Å². The van der Waals surface area contributed by atoms with Gasteiger partial charge in [-0.05, 0) is 80.1 Å². The topological polar surface area (TPSA) is 94.8 Å². The molecule has 0 aliphatic carbocycles. The molecular formula is C33H36F3N5O3. The minimum Gasteiger partial charge on any atom is -0.508 e. The quantitative estimate of drug-likeness (QED) is 0.289. The fourth-order valence-electron chi connectivity index (χ4n) is 7.60. The molecule has 44 heavy (non-hydrogen) atoms. The van der Waals surface area contributed by atoms with E-state index in [1.807, 2.05) is 11.8 Å². The summed E-state index contributed by atoms with van der Waals surface area (Å²) in [6.07, 6.45) is 4.36. The predicted octanol–water partition coefficient (Wildman–Crippen LogP) is 5.70.